The minimum Gasteiger partial charge on any atom is -0.514 e. The standard InChI is InChI=1S/C9H15NO2/c1-9(2)4-7(6-11)10(3)8(12)5-9/h6,11H,4-5H2,1-3H3. The lowest BCUT2D eigenvalue weighted by Crippen LogP contribution is -2.37. The number of amides is 1. The topological polar surface area (TPSA) is 40.5 Å². The van der Waals surface area contributed by atoms with Crippen LogP contribution in [0.5, 0.6) is 0 Å². The Balaban J connectivity index is 2.86. The van der Waals surface area contributed by atoms with Crippen molar-refractivity contribution in [3.8, 4) is 0 Å². The van der Waals surface area contributed by atoms with E-state index in [2.05, 4.69) is 0 Å². The minimum atomic E-state index is -0.0157. The summed E-state index contributed by atoms with van der Waals surface area (Å²) in [7, 11) is 1.69. The Hall–Kier alpha value is -0.990. The first-order chi connectivity index (χ1) is 5.46. The van der Waals surface area contributed by atoms with E-state index in [4.69, 9.17) is 5.11 Å². The summed E-state index contributed by atoms with van der Waals surface area (Å²) in [5.74, 6) is 0.0755. The van der Waals surface area contributed by atoms with E-state index < -0.39 is 0 Å². The van der Waals surface area contributed by atoms with Crippen LogP contribution in [0, 0.1) is 5.41 Å². The number of piperidine rings is 1. The van der Waals surface area contributed by atoms with E-state index in [9.17, 15) is 4.79 Å². The van der Waals surface area contributed by atoms with Crippen LogP contribution in [0.15, 0.2) is 12.0 Å². The number of likely N-dealkylation sites (tertiary alicyclic amines) is 1. The van der Waals surface area contributed by atoms with Crippen molar-refractivity contribution < 1.29 is 9.90 Å². The Bertz CT molecular complexity index is 231. The smallest absolute Gasteiger partial charge is 0.227 e. The van der Waals surface area contributed by atoms with Crippen LogP contribution in [0.25, 0.3) is 0 Å². The van der Waals surface area contributed by atoms with E-state index in [0.717, 1.165) is 12.7 Å². The number of hydrogen-bond acceptors (Lipinski definition) is 2. The van der Waals surface area contributed by atoms with Gasteiger partial charge in [-0.15, -0.1) is 0 Å². The summed E-state index contributed by atoms with van der Waals surface area (Å²) in [4.78, 5) is 12.9. The molecule has 1 saturated heterocycles. The first kappa shape index (κ1) is 9.10. The molecule has 0 radical (unpaired) electrons. The summed E-state index contributed by atoms with van der Waals surface area (Å²) < 4.78 is 0. The fourth-order valence-corrected chi connectivity index (χ4v) is 1.49. The Morgan fingerprint density at radius 1 is 1.50 bits per heavy atom. The largest absolute Gasteiger partial charge is 0.514 e. The molecule has 12 heavy (non-hydrogen) atoms. The molecule has 3 heteroatoms. The fraction of sp³-hybridized carbons (Fsp3) is 0.667. The third kappa shape index (κ3) is 1.60. The van der Waals surface area contributed by atoms with E-state index in [0.29, 0.717) is 12.1 Å². The van der Waals surface area contributed by atoms with Gasteiger partial charge < -0.3 is 10.0 Å². The SMILES string of the molecule is CN1C(=O)CC(C)(C)CC1=CO. The van der Waals surface area contributed by atoms with Gasteiger partial charge in [0.15, 0.2) is 0 Å². The van der Waals surface area contributed by atoms with Crippen molar-refractivity contribution in [2.75, 3.05) is 7.05 Å². The molecule has 68 valence electrons. The van der Waals surface area contributed by atoms with Crippen molar-refractivity contribution in [2.45, 2.75) is 26.7 Å². The molecule has 1 rings (SSSR count). The van der Waals surface area contributed by atoms with E-state index >= 15 is 0 Å². The number of carbonyl (C=O) groups is 1. The average Bonchev–Trinajstić information content (AvgIpc) is 1.96. The first-order valence-electron chi connectivity index (χ1n) is 4.06. The third-order valence-electron chi connectivity index (χ3n) is 2.24. The summed E-state index contributed by atoms with van der Waals surface area (Å²) in [6, 6.07) is 0. The Morgan fingerprint density at radius 2 is 2.08 bits per heavy atom. The molecular weight excluding hydrogens is 154 g/mol. The number of aliphatic hydroxyl groups is 1. The molecule has 0 aromatic carbocycles. The molecule has 0 unspecified atom stereocenters. The summed E-state index contributed by atoms with van der Waals surface area (Å²) in [5, 5.41) is 8.86. The molecule has 0 bridgehead atoms. The average molecular weight is 169 g/mol. The second-order valence-electron chi connectivity index (χ2n) is 4.09. The number of nitrogens with zero attached hydrogens (tertiary/aromatic N) is 1. The maximum Gasteiger partial charge on any atom is 0.227 e. The zero-order chi connectivity index (χ0) is 9.35. The fourth-order valence-electron chi connectivity index (χ4n) is 1.49. The lowest BCUT2D eigenvalue weighted by molar-refractivity contribution is -0.132. The van der Waals surface area contributed by atoms with Crippen molar-refractivity contribution in [2.24, 2.45) is 5.41 Å². The van der Waals surface area contributed by atoms with Gasteiger partial charge in [0.2, 0.25) is 5.91 Å². The molecule has 0 aromatic heterocycles. The van der Waals surface area contributed by atoms with Crippen LogP contribution < -0.4 is 0 Å². The number of aliphatic hydroxyl groups excluding tert-OH is 1. The Labute approximate surface area is 72.7 Å². The lowest BCUT2D eigenvalue weighted by atomic mass is 9.81. The van der Waals surface area contributed by atoms with Gasteiger partial charge in [0.25, 0.3) is 0 Å². The number of rotatable bonds is 0. The molecule has 0 atom stereocenters. The second-order valence-corrected chi connectivity index (χ2v) is 4.09. The summed E-state index contributed by atoms with van der Waals surface area (Å²) in [6.45, 7) is 4.06. The number of carbonyl (C=O) groups excluding carboxylic acids is 1. The van der Waals surface area contributed by atoms with E-state index in [-0.39, 0.29) is 11.3 Å². The normalized spacial score (nSPS) is 26.4. The predicted octanol–water partition coefficient (Wildman–Crippen LogP) is 1.66. The first-order valence-corrected chi connectivity index (χ1v) is 4.06. The molecular formula is C9H15NO2. The van der Waals surface area contributed by atoms with Crippen LogP contribution >= 0.6 is 0 Å². The van der Waals surface area contributed by atoms with Gasteiger partial charge in [-0.2, -0.15) is 0 Å². The Morgan fingerprint density at radius 3 is 2.58 bits per heavy atom. The zero-order valence-corrected chi connectivity index (χ0v) is 7.79. The van der Waals surface area contributed by atoms with Gasteiger partial charge in [0.1, 0.15) is 0 Å². The molecule has 1 aliphatic rings. The molecule has 1 N–H and O–H groups in total. The van der Waals surface area contributed by atoms with Crippen LogP contribution in [0.1, 0.15) is 26.7 Å². The minimum absolute atomic E-state index is 0.0157. The highest BCUT2D eigenvalue weighted by atomic mass is 16.2. The van der Waals surface area contributed by atoms with Crippen molar-refractivity contribution in [1.82, 2.24) is 4.90 Å². The molecule has 0 saturated carbocycles. The molecule has 3 nitrogen and oxygen atoms in total. The number of hydrogen-bond donors (Lipinski definition) is 1. The van der Waals surface area contributed by atoms with Crippen molar-refractivity contribution in [3.05, 3.63) is 12.0 Å². The monoisotopic (exact) mass is 169 g/mol. The summed E-state index contributed by atoms with van der Waals surface area (Å²) >= 11 is 0. The molecule has 1 aliphatic heterocycles. The predicted molar refractivity (Wildman–Crippen MR) is 46.5 cm³/mol. The second kappa shape index (κ2) is 2.81. The van der Waals surface area contributed by atoms with Gasteiger partial charge in [-0.1, -0.05) is 13.8 Å². The molecule has 0 spiro atoms. The van der Waals surface area contributed by atoms with Gasteiger partial charge >= 0.3 is 0 Å². The number of allylic oxidation sites excluding steroid dienone is 1. The van der Waals surface area contributed by atoms with Crippen LogP contribution in [-0.4, -0.2) is 23.0 Å². The van der Waals surface area contributed by atoms with Gasteiger partial charge in [-0.05, 0) is 11.8 Å². The molecule has 0 aliphatic carbocycles. The highest BCUT2D eigenvalue weighted by Gasteiger charge is 2.32. The summed E-state index contributed by atoms with van der Waals surface area (Å²) in [5.41, 5.74) is 0.689. The molecule has 1 fully saturated rings. The molecule has 1 heterocycles. The van der Waals surface area contributed by atoms with Crippen molar-refractivity contribution in [3.63, 3.8) is 0 Å². The van der Waals surface area contributed by atoms with Crippen LogP contribution in [0.2, 0.25) is 0 Å². The molecule has 0 aromatic rings. The lowest BCUT2D eigenvalue weighted by Gasteiger charge is -2.35. The van der Waals surface area contributed by atoms with Crippen molar-refractivity contribution >= 4 is 5.91 Å². The molecule has 1 amide bonds. The highest BCUT2D eigenvalue weighted by molar-refractivity contribution is 5.79. The maximum atomic E-state index is 11.4. The van der Waals surface area contributed by atoms with Crippen LogP contribution in [-0.2, 0) is 4.79 Å². The van der Waals surface area contributed by atoms with E-state index in [1.165, 1.54) is 4.90 Å². The van der Waals surface area contributed by atoms with Crippen LogP contribution in [0.4, 0.5) is 0 Å². The van der Waals surface area contributed by atoms with Gasteiger partial charge in [-0.25, -0.2) is 0 Å². The van der Waals surface area contributed by atoms with Crippen molar-refractivity contribution in [1.29, 1.82) is 0 Å². The summed E-state index contributed by atoms with van der Waals surface area (Å²) in [6.07, 6.45) is 2.34. The van der Waals surface area contributed by atoms with Gasteiger partial charge in [0.05, 0.1) is 12.0 Å². The Kier molecular flexibility index (Phi) is 2.13. The third-order valence-corrected chi connectivity index (χ3v) is 2.24. The maximum absolute atomic E-state index is 11.4. The van der Waals surface area contributed by atoms with E-state index in [1.807, 2.05) is 13.8 Å². The van der Waals surface area contributed by atoms with Gasteiger partial charge in [0, 0.05) is 13.5 Å². The quantitative estimate of drug-likeness (QED) is 0.560. The van der Waals surface area contributed by atoms with E-state index in [1.54, 1.807) is 7.05 Å². The van der Waals surface area contributed by atoms with Gasteiger partial charge in [-0.3, -0.25) is 4.79 Å². The van der Waals surface area contributed by atoms with Crippen LogP contribution in [0.3, 0.4) is 0 Å². The highest BCUT2D eigenvalue weighted by Crippen LogP contribution is 2.35. The zero-order valence-electron chi connectivity index (χ0n) is 7.79.